The second kappa shape index (κ2) is 7.51. The van der Waals surface area contributed by atoms with Crippen LogP contribution in [0.25, 0.3) is 0 Å². The average Bonchev–Trinajstić information content (AvgIpc) is 2.33. The molecule has 0 aliphatic carbocycles. The fourth-order valence-electron chi connectivity index (χ4n) is 1.77. The summed E-state index contributed by atoms with van der Waals surface area (Å²) in [6, 6.07) is 7.94. The van der Waals surface area contributed by atoms with Crippen LogP contribution in [0.3, 0.4) is 0 Å². The molecular formula is C13H18BrNO3. The van der Waals surface area contributed by atoms with Crippen LogP contribution in [0.5, 0.6) is 0 Å². The van der Waals surface area contributed by atoms with Gasteiger partial charge in [-0.25, -0.2) is 0 Å². The maximum Gasteiger partial charge on any atom is 0.317 e. The molecule has 1 N–H and O–H groups in total. The standard InChI is InChI=1S/C13H18BrNO3/c1-10(11-4-3-5-12(14)8-11)15(6-7-18-2)9-13(16)17/h3-5,8,10H,6-7,9H2,1-2H3,(H,16,17). The van der Waals surface area contributed by atoms with Crippen LogP contribution in [0.2, 0.25) is 0 Å². The number of nitrogens with zero attached hydrogens (tertiary/aromatic N) is 1. The Morgan fingerprint density at radius 3 is 2.83 bits per heavy atom. The zero-order valence-electron chi connectivity index (χ0n) is 10.6. The minimum absolute atomic E-state index is 0.0110. The number of rotatable bonds is 7. The van der Waals surface area contributed by atoms with Crippen molar-refractivity contribution in [3.8, 4) is 0 Å². The number of carboxylic acid groups (broad SMARTS) is 1. The second-order valence-electron chi connectivity index (χ2n) is 4.09. The van der Waals surface area contributed by atoms with Gasteiger partial charge >= 0.3 is 5.97 Å². The molecule has 0 aliphatic heterocycles. The van der Waals surface area contributed by atoms with Crippen LogP contribution in [-0.2, 0) is 9.53 Å². The second-order valence-corrected chi connectivity index (χ2v) is 5.00. The largest absolute Gasteiger partial charge is 0.480 e. The summed E-state index contributed by atoms with van der Waals surface area (Å²) in [4.78, 5) is 12.8. The third kappa shape index (κ3) is 4.76. The highest BCUT2D eigenvalue weighted by Gasteiger charge is 2.18. The Morgan fingerprint density at radius 1 is 1.56 bits per heavy atom. The van der Waals surface area contributed by atoms with Crippen LogP contribution in [0.15, 0.2) is 28.7 Å². The molecule has 0 spiro atoms. The molecule has 0 amide bonds. The maximum absolute atomic E-state index is 10.9. The number of hydrogen-bond acceptors (Lipinski definition) is 3. The summed E-state index contributed by atoms with van der Waals surface area (Å²) in [5.74, 6) is -0.826. The number of ether oxygens (including phenoxy) is 1. The first kappa shape index (κ1) is 15.1. The van der Waals surface area contributed by atoms with Crippen LogP contribution < -0.4 is 0 Å². The molecule has 1 atom stereocenters. The van der Waals surface area contributed by atoms with Crippen LogP contribution >= 0.6 is 15.9 Å². The molecule has 0 aliphatic rings. The van der Waals surface area contributed by atoms with Crippen LogP contribution in [0.4, 0.5) is 0 Å². The minimum Gasteiger partial charge on any atom is -0.480 e. The van der Waals surface area contributed by atoms with Gasteiger partial charge in [-0.15, -0.1) is 0 Å². The lowest BCUT2D eigenvalue weighted by atomic mass is 10.1. The SMILES string of the molecule is COCCN(CC(=O)O)C(C)c1cccc(Br)c1. The third-order valence-electron chi connectivity index (χ3n) is 2.80. The van der Waals surface area contributed by atoms with Gasteiger partial charge in [-0.2, -0.15) is 0 Å². The maximum atomic E-state index is 10.9. The molecule has 100 valence electrons. The zero-order chi connectivity index (χ0) is 13.5. The molecule has 1 rings (SSSR count). The number of hydrogen-bond donors (Lipinski definition) is 1. The van der Waals surface area contributed by atoms with Gasteiger partial charge in [0.1, 0.15) is 0 Å². The Labute approximate surface area is 116 Å². The lowest BCUT2D eigenvalue weighted by molar-refractivity contribution is -0.139. The zero-order valence-corrected chi connectivity index (χ0v) is 12.2. The molecule has 1 unspecified atom stereocenters. The molecule has 0 saturated carbocycles. The van der Waals surface area contributed by atoms with E-state index in [0.29, 0.717) is 13.2 Å². The fourth-order valence-corrected chi connectivity index (χ4v) is 2.19. The van der Waals surface area contributed by atoms with Crippen molar-refractivity contribution in [1.82, 2.24) is 4.90 Å². The highest BCUT2D eigenvalue weighted by atomic mass is 79.9. The van der Waals surface area contributed by atoms with Gasteiger partial charge < -0.3 is 9.84 Å². The molecule has 0 saturated heterocycles. The molecule has 0 aromatic heterocycles. The van der Waals surface area contributed by atoms with Crippen molar-refractivity contribution >= 4 is 21.9 Å². The van der Waals surface area contributed by atoms with Crippen molar-refractivity contribution in [3.63, 3.8) is 0 Å². The Hall–Kier alpha value is -0.910. The van der Waals surface area contributed by atoms with Gasteiger partial charge in [0.05, 0.1) is 13.2 Å². The number of carboxylic acids is 1. The highest BCUT2D eigenvalue weighted by Crippen LogP contribution is 2.22. The Morgan fingerprint density at radius 2 is 2.28 bits per heavy atom. The minimum atomic E-state index is -0.826. The average molecular weight is 316 g/mol. The summed E-state index contributed by atoms with van der Waals surface area (Å²) in [6.07, 6.45) is 0. The monoisotopic (exact) mass is 315 g/mol. The molecular weight excluding hydrogens is 298 g/mol. The van der Waals surface area contributed by atoms with E-state index in [2.05, 4.69) is 15.9 Å². The topological polar surface area (TPSA) is 49.8 Å². The van der Waals surface area contributed by atoms with Gasteiger partial charge in [0, 0.05) is 24.2 Å². The number of halogens is 1. The first-order valence-electron chi connectivity index (χ1n) is 5.75. The van der Waals surface area contributed by atoms with Gasteiger partial charge in [-0.1, -0.05) is 28.1 Å². The van der Waals surface area contributed by atoms with E-state index >= 15 is 0 Å². The molecule has 0 bridgehead atoms. The molecule has 1 aromatic rings. The van der Waals surface area contributed by atoms with Gasteiger partial charge in [-0.05, 0) is 24.6 Å². The number of methoxy groups -OCH3 is 1. The summed E-state index contributed by atoms with van der Waals surface area (Å²) in [6.45, 7) is 3.12. The first-order chi connectivity index (χ1) is 8.54. The predicted molar refractivity (Wildman–Crippen MR) is 73.6 cm³/mol. The number of carbonyl (C=O) groups is 1. The normalized spacial score (nSPS) is 12.7. The first-order valence-corrected chi connectivity index (χ1v) is 6.54. The van der Waals surface area contributed by atoms with Crippen LogP contribution in [-0.4, -0.2) is 42.8 Å². The van der Waals surface area contributed by atoms with Crippen LogP contribution in [0.1, 0.15) is 18.5 Å². The Bertz CT molecular complexity index is 398. The van der Waals surface area contributed by atoms with E-state index in [1.165, 1.54) is 0 Å². The van der Waals surface area contributed by atoms with Crippen molar-refractivity contribution < 1.29 is 14.6 Å². The van der Waals surface area contributed by atoms with E-state index in [9.17, 15) is 4.79 Å². The summed E-state index contributed by atoms with van der Waals surface area (Å²) < 4.78 is 6.01. The molecule has 0 fully saturated rings. The summed E-state index contributed by atoms with van der Waals surface area (Å²) >= 11 is 3.42. The van der Waals surface area contributed by atoms with Gasteiger partial charge in [0.15, 0.2) is 0 Å². The summed E-state index contributed by atoms with van der Waals surface area (Å²) in [5, 5.41) is 8.94. The molecule has 18 heavy (non-hydrogen) atoms. The lowest BCUT2D eigenvalue weighted by Gasteiger charge is -2.27. The third-order valence-corrected chi connectivity index (χ3v) is 3.29. The van der Waals surface area contributed by atoms with Gasteiger partial charge in [-0.3, -0.25) is 9.69 Å². The van der Waals surface area contributed by atoms with E-state index in [-0.39, 0.29) is 12.6 Å². The van der Waals surface area contributed by atoms with E-state index in [1.54, 1.807) is 7.11 Å². The van der Waals surface area contributed by atoms with Crippen molar-refractivity contribution in [2.45, 2.75) is 13.0 Å². The van der Waals surface area contributed by atoms with Crippen molar-refractivity contribution in [2.24, 2.45) is 0 Å². The summed E-state index contributed by atoms with van der Waals surface area (Å²) in [5.41, 5.74) is 1.08. The van der Waals surface area contributed by atoms with Crippen molar-refractivity contribution in [3.05, 3.63) is 34.3 Å². The van der Waals surface area contributed by atoms with Crippen molar-refractivity contribution in [2.75, 3.05) is 26.8 Å². The van der Waals surface area contributed by atoms with Gasteiger partial charge in [0.2, 0.25) is 0 Å². The molecule has 0 heterocycles. The molecule has 4 nitrogen and oxygen atoms in total. The highest BCUT2D eigenvalue weighted by molar-refractivity contribution is 9.10. The Kier molecular flexibility index (Phi) is 6.32. The summed E-state index contributed by atoms with van der Waals surface area (Å²) in [7, 11) is 1.61. The quantitative estimate of drug-likeness (QED) is 0.840. The number of benzene rings is 1. The van der Waals surface area contributed by atoms with E-state index < -0.39 is 5.97 Å². The predicted octanol–water partition coefficient (Wildman–Crippen LogP) is 2.54. The molecule has 5 heteroatoms. The van der Waals surface area contributed by atoms with E-state index in [0.717, 1.165) is 10.0 Å². The van der Waals surface area contributed by atoms with E-state index in [1.807, 2.05) is 36.1 Å². The van der Waals surface area contributed by atoms with Crippen molar-refractivity contribution in [1.29, 1.82) is 0 Å². The smallest absolute Gasteiger partial charge is 0.317 e. The molecule has 0 radical (unpaired) electrons. The van der Waals surface area contributed by atoms with E-state index in [4.69, 9.17) is 9.84 Å². The van der Waals surface area contributed by atoms with Crippen LogP contribution in [0, 0.1) is 0 Å². The molecule has 1 aromatic carbocycles. The Balaban J connectivity index is 2.79. The lowest BCUT2D eigenvalue weighted by Crippen LogP contribution is -2.35. The van der Waals surface area contributed by atoms with Gasteiger partial charge in [0.25, 0.3) is 0 Å². The fraction of sp³-hybridized carbons (Fsp3) is 0.462. The number of aliphatic carboxylic acids is 1.